The molecule has 3 rings (SSSR count). The minimum absolute atomic E-state index is 0.149. The number of aryl methyl sites for hydroxylation is 1. The van der Waals surface area contributed by atoms with Gasteiger partial charge >= 0.3 is 6.03 Å². The first-order valence-corrected chi connectivity index (χ1v) is 11.3. The molecule has 0 aliphatic heterocycles. The van der Waals surface area contributed by atoms with Gasteiger partial charge in [-0.3, -0.25) is 4.79 Å². The van der Waals surface area contributed by atoms with E-state index in [2.05, 4.69) is 15.5 Å². The lowest BCUT2D eigenvalue weighted by Gasteiger charge is -2.24. The first-order chi connectivity index (χ1) is 16.3. The molecular formula is C27H33N5O2. The van der Waals surface area contributed by atoms with Crippen LogP contribution in [0.4, 0.5) is 21.9 Å². The summed E-state index contributed by atoms with van der Waals surface area (Å²) in [6.45, 7) is 3.96. The van der Waals surface area contributed by atoms with Crippen LogP contribution in [0.2, 0.25) is 0 Å². The number of para-hydroxylation sites is 2. The van der Waals surface area contributed by atoms with Gasteiger partial charge in [0.2, 0.25) is 0 Å². The summed E-state index contributed by atoms with van der Waals surface area (Å²) in [6.07, 6.45) is 0.854. The molecule has 7 heteroatoms. The number of anilines is 3. The van der Waals surface area contributed by atoms with Gasteiger partial charge < -0.3 is 26.2 Å². The summed E-state index contributed by atoms with van der Waals surface area (Å²) >= 11 is 0. The zero-order chi connectivity index (χ0) is 24.5. The van der Waals surface area contributed by atoms with Crippen LogP contribution in [0, 0.1) is 6.92 Å². The zero-order valence-electron chi connectivity index (χ0n) is 20.0. The number of nitrogens with two attached hydrogens (primary N) is 1. The molecule has 0 atom stereocenters. The highest BCUT2D eigenvalue weighted by atomic mass is 16.2. The molecule has 0 aliphatic rings. The highest BCUT2D eigenvalue weighted by molar-refractivity contribution is 6.05. The smallest absolute Gasteiger partial charge is 0.322 e. The van der Waals surface area contributed by atoms with E-state index < -0.39 is 0 Å². The van der Waals surface area contributed by atoms with E-state index in [4.69, 9.17) is 5.73 Å². The maximum atomic E-state index is 13.0. The van der Waals surface area contributed by atoms with Gasteiger partial charge in [-0.2, -0.15) is 0 Å². The van der Waals surface area contributed by atoms with Crippen molar-refractivity contribution in [1.29, 1.82) is 0 Å². The number of nitrogens with one attached hydrogen (secondary N) is 2. The van der Waals surface area contributed by atoms with Gasteiger partial charge in [-0.25, -0.2) is 4.79 Å². The Labute approximate surface area is 201 Å². The third-order valence-electron chi connectivity index (χ3n) is 5.42. The van der Waals surface area contributed by atoms with Crippen LogP contribution in [0.1, 0.15) is 27.9 Å². The molecule has 178 valence electrons. The Kier molecular flexibility index (Phi) is 8.65. The quantitative estimate of drug-likeness (QED) is 0.400. The van der Waals surface area contributed by atoms with Crippen LogP contribution in [-0.2, 0) is 6.54 Å². The summed E-state index contributed by atoms with van der Waals surface area (Å²) in [7, 11) is 4.03. The van der Waals surface area contributed by atoms with Crippen LogP contribution in [0.3, 0.4) is 0 Å². The maximum Gasteiger partial charge on any atom is 0.322 e. The van der Waals surface area contributed by atoms with Gasteiger partial charge in [-0.05, 0) is 75.9 Å². The Hall–Kier alpha value is -3.84. The Morgan fingerprint density at radius 1 is 0.853 bits per heavy atom. The van der Waals surface area contributed by atoms with Crippen LogP contribution < -0.4 is 16.4 Å². The molecule has 0 saturated carbocycles. The minimum Gasteiger partial charge on any atom is -0.397 e. The Morgan fingerprint density at radius 3 is 2.18 bits per heavy atom. The van der Waals surface area contributed by atoms with Crippen molar-refractivity contribution in [1.82, 2.24) is 9.80 Å². The molecule has 0 saturated heterocycles. The number of carbonyl (C=O) groups is 2. The van der Waals surface area contributed by atoms with Gasteiger partial charge in [0.25, 0.3) is 5.91 Å². The second kappa shape index (κ2) is 11.9. The first kappa shape index (κ1) is 24.8. The zero-order valence-corrected chi connectivity index (χ0v) is 20.0. The number of rotatable bonds is 9. The van der Waals surface area contributed by atoms with Crippen LogP contribution >= 0.6 is 0 Å². The van der Waals surface area contributed by atoms with E-state index in [1.165, 1.54) is 0 Å². The Balaban J connectivity index is 1.66. The number of nitrogens with zero attached hydrogens (tertiary/aromatic N) is 2. The SMILES string of the molecule is Cc1ccc(NC(=O)N(CCCN(C)C)Cc2ccc(C(=O)Nc3ccccc3N)cc2)cc1. The molecule has 0 aromatic heterocycles. The van der Waals surface area contributed by atoms with Crippen molar-refractivity contribution in [2.75, 3.05) is 43.6 Å². The molecular weight excluding hydrogens is 426 g/mol. The van der Waals surface area contributed by atoms with Gasteiger partial charge in [0.05, 0.1) is 11.4 Å². The van der Waals surface area contributed by atoms with E-state index in [-0.39, 0.29) is 11.9 Å². The van der Waals surface area contributed by atoms with Crippen molar-refractivity contribution in [2.45, 2.75) is 19.9 Å². The van der Waals surface area contributed by atoms with Crippen molar-refractivity contribution in [3.05, 3.63) is 89.5 Å². The number of benzene rings is 3. The first-order valence-electron chi connectivity index (χ1n) is 11.3. The fourth-order valence-corrected chi connectivity index (χ4v) is 3.46. The molecule has 0 bridgehead atoms. The molecule has 34 heavy (non-hydrogen) atoms. The number of hydrogen-bond donors (Lipinski definition) is 3. The van der Waals surface area contributed by atoms with Crippen molar-refractivity contribution in [3.8, 4) is 0 Å². The summed E-state index contributed by atoms with van der Waals surface area (Å²) in [4.78, 5) is 29.5. The van der Waals surface area contributed by atoms with Gasteiger partial charge in [0, 0.05) is 24.3 Å². The van der Waals surface area contributed by atoms with Crippen molar-refractivity contribution < 1.29 is 9.59 Å². The third-order valence-corrected chi connectivity index (χ3v) is 5.42. The van der Waals surface area contributed by atoms with Crippen LogP contribution in [0.15, 0.2) is 72.8 Å². The lowest BCUT2D eigenvalue weighted by Crippen LogP contribution is -2.36. The molecule has 0 unspecified atom stereocenters. The monoisotopic (exact) mass is 459 g/mol. The molecule has 0 aliphatic carbocycles. The number of hydrogen-bond acceptors (Lipinski definition) is 4. The largest absolute Gasteiger partial charge is 0.397 e. The molecule has 7 nitrogen and oxygen atoms in total. The van der Waals surface area contributed by atoms with Gasteiger partial charge in [-0.15, -0.1) is 0 Å². The van der Waals surface area contributed by atoms with Crippen LogP contribution in [-0.4, -0.2) is 48.9 Å². The van der Waals surface area contributed by atoms with Crippen molar-refractivity contribution in [3.63, 3.8) is 0 Å². The molecule has 3 aromatic rings. The summed E-state index contributed by atoms with van der Waals surface area (Å²) < 4.78 is 0. The lowest BCUT2D eigenvalue weighted by atomic mass is 10.1. The average molecular weight is 460 g/mol. The summed E-state index contributed by atoms with van der Waals surface area (Å²) in [6, 6.07) is 22.0. The number of amides is 3. The second-order valence-corrected chi connectivity index (χ2v) is 8.61. The molecule has 0 spiro atoms. The van der Waals surface area contributed by atoms with Crippen LogP contribution in [0.5, 0.6) is 0 Å². The van der Waals surface area contributed by atoms with E-state index in [0.29, 0.717) is 30.0 Å². The van der Waals surface area contributed by atoms with E-state index in [1.807, 2.05) is 69.6 Å². The van der Waals surface area contributed by atoms with E-state index in [1.54, 1.807) is 29.2 Å². The summed E-state index contributed by atoms with van der Waals surface area (Å²) in [5, 5.41) is 5.82. The van der Waals surface area contributed by atoms with Gasteiger partial charge in [0.1, 0.15) is 0 Å². The molecule has 3 aromatic carbocycles. The van der Waals surface area contributed by atoms with Gasteiger partial charge in [-0.1, -0.05) is 42.0 Å². The number of nitrogen functional groups attached to an aromatic ring is 1. The summed E-state index contributed by atoms with van der Waals surface area (Å²) in [5.74, 6) is -0.232. The fraction of sp³-hybridized carbons (Fsp3) is 0.259. The van der Waals surface area contributed by atoms with E-state index in [0.717, 1.165) is 29.8 Å². The fourth-order valence-electron chi connectivity index (χ4n) is 3.46. The highest BCUT2D eigenvalue weighted by Crippen LogP contribution is 2.18. The van der Waals surface area contributed by atoms with Crippen LogP contribution in [0.25, 0.3) is 0 Å². The number of carbonyl (C=O) groups excluding carboxylic acids is 2. The maximum absolute atomic E-state index is 13.0. The molecule has 0 radical (unpaired) electrons. The standard InChI is InChI=1S/C27H33N5O2/c1-20-9-15-23(16-10-20)29-27(34)32(18-6-17-31(2)3)19-21-11-13-22(14-12-21)26(33)30-25-8-5-4-7-24(25)28/h4-5,7-16H,6,17-19,28H2,1-3H3,(H,29,34)(H,30,33). The van der Waals surface area contributed by atoms with Gasteiger partial charge in [0.15, 0.2) is 0 Å². The normalized spacial score (nSPS) is 10.7. The molecule has 3 amide bonds. The second-order valence-electron chi connectivity index (χ2n) is 8.61. The molecule has 0 fully saturated rings. The Bertz CT molecular complexity index is 1090. The topological polar surface area (TPSA) is 90.7 Å². The lowest BCUT2D eigenvalue weighted by molar-refractivity contribution is 0.102. The molecule has 0 heterocycles. The van der Waals surface area contributed by atoms with E-state index in [9.17, 15) is 9.59 Å². The predicted octanol–water partition coefficient (Wildman–Crippen LogP) is 4.82. The average Bonchev–Trinajstić information content (AvgIpc) is 2.81. The predicted molar refractivity (Wildman–Crippen MR) is 139 cm³/mol. The third kappa shape index (κ3) is 7.35. The highest BCUT2D eigenvalue weighted by Gasteiger charge is 2.15. The molecule has 4 N–H and O–H groups in total. The van der Waals surface area contributed by atoms with Crippen molar-refractivity contribution >= 4 is 29.0 Å². The van der Waals surface area contributed by atoms with Crippen molar-refractivity contribution in [2.24, 2.45) is 0 Å². The Morgan fingerprint density at radius 2 is 1.53 bits per heavy atom. The minimum atomic E-state index is -0.232. The number of urea groups is 1. The van der Waals surface area contributed by atoms with E-state index >= 15 is 0 Å². The summed E-state index contributed by atoms with van der Waals surface area (Å²) in [5.41, 5.74) is 10.4.